The quantitative estimate of drug-likeness (QED) is 0.312. The van der Waals surface area contributed by atoms with E-state index in [1.165, 1.54) is 17.0 Å². The zero-order valence-corrected chi connectivity index (χ0v) is 23.5. The molecule has 0 saturated carbocycles. The highest BCUT2D eigenvalue weighted by Gasteiger charge is 2.32. The normalized spacial score (nSPS) is 12.0. The molecule has 0 fully saturated rings. The first-order valence-electron chi connectivity index (χ1n) is 12.6. The summed E-state index contributed by atoms with van der Waals surface area (Å²) < 4.78 is 28.4. The molecule has 0 radical (unpaired) electrons. The van der Waals surface area contributed by atoms with Gasteiger partial charge in [0.25, 0.3) is 10.0 Å². The lowest BCUT2D eigenvalue weighted by atomic mass is 10.1. The summed E-state index contributed by atoms with van der Waals surface area (Å²) >= 11 is 6.05. The van der Waals surface area contributed by atoms with Crippen molar-refractivity contribution < 1.29 is 18.0 Å². The Balaban J connectivity index is 1.97. The minimum absolute atomic E-state index is 0.0539. The molecule has 0 aliphatic rings. The van der Waals surface area contributed by atoms with Crippen LogP contribution in [0.15, 0.2) is 83.8 Å². The summed E-state index contributed by atoms with van der Waals surface area (Å²) in [5.41, 5.74) is 2.20. The molecular formula is C29H34ClN3O4S. The molecule has 202 valence electrons. The standard InChI is InChI=1S/C29H34ClN3O4S/c1-4-5-19-31-29(35)23(3)32(20-24-13-11-22(2)12-14-24)28(34)21-33(26-17-15-25(30)16-18-26)38(36,37)27-9-7-6-8-10-27/h6-18,23H,4-5,19-21H2,1-3H3,(H,31,35)/t23-/m1/s1. The minimum atomic E-state index is -4.10. The van der Waals surface area contributed by atoms with E-state index in [2.05, 4.69) is 5.32 Å². The lowest BCUT2D eigenvalue weighted by molar-refractivity contribution is -0.139. The molecule has 3 rings (SSSR count). The smallest absolute Gasteiger partial charge is 0.264 e. The number of anilines is 1. The van der Waals surface area contributed by atoms with Crippen LogP contribution >= 0.6 is 11.6 Å². The van der Waals surface area contributed by atoms with Gasteiger partial charge in [-0.25, -0.2) is 8.42 Å². The molecule has 0 saturated heterocycles. The number of nitrogens with zero attached hydrogens (tertiary/aromatic N) is 2. The fraction of sp³-hybridized carbons (Fsp3) is 0.310. The van der Waals surface area contributed by atoms with Crippen LogP contribution in [0.4, 0.5) is 5.69 Å². The van der Waals surface area contributed by atoms with Crippen LogP contribution in [-0.2, 0) is 26.2 Å². The highest BCUT2D eigenvalue weighted by molar-refractivity contribution is 7.92. The van der Waals surface area contributed by atoms with Crippen molar-refractivity contribution in [3.8, 4) is 0 Å². The zero-order valence-electron chi connectivity index (χ0n) is 21.9. The highest BCUT2D eigenvalue weighted by atomic mass is 35.5. The molecular weight excluding hydrogens is 522 g/mol. The second kappa shape index (κ2) is 13.4. The molecule has 38 heavy (non-hydrogen) atoms. The maximum Gasteiger partial charge on any atom is 0.264 e. The van der Waals surface area contributed by atoms with Crippen molar-refractivity contribution in [3.05, 3.63) is 95.0 Å². The Morgan fingerprint density at radius 2 is 1.58 bits per heavy atom. The van der Waals surface area contributed by atoms with Crippen molar-refractivity contribution in [3.63, 3.8) is 0 Å². The summed E-state index contributed by atoms with van der Waals surface area (Å²) in [6, 6.07) is 21.0. The molecule has 0 aliphatic carbocycles. The molecule has 0 spiro atoms. The summed E-state index contributed by atoms with van der Waals surface area (Å²) in [5, 5.41) is 3.32. The lowest BCUT2D eigenvalue weighted by Crippen LogP contribution is -2.51. The van der Waals surface area contributed by atoms with Crippen molar-refractivity contribution in [2.45, 2.75) is 51.1 Å². The Morgan fingerprint density at radius 3 is 2.18 bits per heavy atom. The molecule has 0 bridgehead atoms. The SMILES string of the molecule is CCCCNC(=O)[C@@H](C)N(Cc1ccc(C)cc1)C(=O)CN(c1ccc(Cl)cc1)S(=O)(=O)c1ccccc1. The monoisotopic (exact) mass is 555 g/mol. The van der Waals surface area contributed by atoms with E-state index >= 15 is 0 Å². The Labute approximate surface area is 230 Å². The largest absolute Gasteiger partial charge is 0.354 e. The number of hydrogen-bond donors (Lipinski definition) is 1. The number of benzene rings is 3. The van der Waals surface area contributed by atoms with Gasteiger partial charge in [0.2, 0.25) is 11.8 Å². The van der Waals surface area contributed by atoms with E-state index in [0.717, 1.165) is 28.3 Å². The van der Waals surface area contributed by atoms with Crippen LogP contribution in [0.2, 0.25) is 5.02 Å². The predicted molar refractivity (Wildman–Crippen MR) is 152 cm³/mol. The molecule has 0 aromatic heterocycles. The number of unbranched alkanes of at least 4 members (excludes halogenated alkanes) is 1. The molecule has 0 aliphatic heterocycles. The van der Waals surface area contributed by atoms with Crippen LogP contribution in [-0.4, -0.2) is 44.3 Å². The van der Waals surface area contributed by atoms with E-state index in [1.807, 2.05) is 38.1 Å². The first kappa shape index (κ1) is 29.2. The van der Waals surface area contributed by atoms with E-state index in [9.17, 15) is 18.0 Å². The molecule has 0 heterocycles. The Hall–Kier alpha value is -3.36. The van der Waals surface area contributed by atoms with Gasteiger partial charge >= 0.3 is 0 Å². The third-order valence-electron chi connectivity index (χ3n) is 6.20. The zero-order chi connectivity index (χ0) is 27.7. The average Bonchev–Trinajstić information content (AvgIpc) is 2.92. The number of aryl methyl sites for hydroxylation is 1. The summed E-state index contributed by atoms with van der Waals surface area (Å²) in [7, 11) is -4.10. The van der Waals surface area contributed by atoms with Crippen LogP contribution < -0.4 is 9.62 Å². The molecule has 2 amide bonds. The number of sulfonamides is 1. The third-order valence-corrected chi connectivity index (χ3v) is 8.24. The third kappa shape index (κ3) is 7.58. The Kier molecular flexibility index (Phi) is 10.3. The van der Waals surface area contributed by atoms with Gasteiger partial charge in [-0.3, -0.25) is 13.9 Å². The van der Waals surface area contributed by atoms with E-state index in [0.29, 0.717) is 17.3 Å². The fourth-order valence-electron chi connectivity index (χ4n) is 3.86. The van der Waals surface area contributed by atoms with E-state index in [4.69, 9.17) is 11.6 Å². The molecule has 7 nitrogen and oxygen atoms in total. The van der Waals surface area contributed by atoms with Crippen molar-refractivity contribution in [2.24, 2.45) is 0 Å². The predicted octanol–water partition coefficient (Wildman–Crippen LogP) is 5.18. The van der Waals surface area contributed by atoms with Gasteiger partial charge in [-0.2, -0.15) is 0 Å². The van der Waals surface area contributed by atoms with Gasteiger partial charge in [-0.05, 0) is 62.2 Å². The topological polar surface area (TPSA) is 86.8 Å². The molecule has 1 N–H and O–H groups in total. The van der Waals surface area contributed by atoms with Crippen LogP contribution in [0.25, 0.3) is 0 Å². The second-order valence-corrected chi connectivity index (χ2v) is 11.4. The highest BCUT2D eigenvalue weighted by Crippen LogP contribution is 2.26. The van der Waals surface area contributed by atoms with Crippen LogP contribution in [0.3, 0.4) is 0 Å². The lowest BCUT2D eigenvalue weighted by Gasteiger charge is -2.32. The van der Waals surface area contributed by atoms with Crippen molar-refractivity contribution in [1.82, 2.24) is 10.2 Å². The summed E-state index contributed by atoms with van der Waals surface area (Å²) in [4.78, 5) is 28.3. The number of carbonyl (C=O) groups excluding carboxylic acids is 2. The maximum absolute atomic E-state index is 13.8. The molecule has 3 aromatic rings. The average molecular weight is 556 g/mol. The van der Waals surface area contributed by atoms with E-state index < -0.39 is 28.5 Å². The minimum Gasteiger partial charge on any atom is -0.354 e. The molecule has 9 heteroatoms. The van der Waals surface area contributed by atoms with Crippen LogP contribution in [0, 0.1) is 6.92 Å². The Morgan fingerprint density at radius 1 is 0.947 bits per heavy atom. The summed E-state index contributed by atoms with van der Waals surface area (Å²) in [5.74, 6) is -0.791. The van der Waals surface area contributed by atoms with Gasteiger partial charge in [0, 0.05) is 18.1 Å². The summed E-state index contributed by atoms with van der Waals surface area (Å²) in [6.07, 6.45) is 1.75. The van der Waals surface area contributed by atoms with E-state index in [-0.39, 0.29) is 17.3 Å². The summed E-state index contributed by atoms with van der Waals surface area (Å²) in [6.45, 7) is 5.83. The number of nitrogens with one attached hydrogen (secondary N) is 1. The number of halogens is 1. The van der Waals surface area contributed by atoms with Crippen LogP contribution in [0.1, 0.15) is 37.8 Å². The number of rotatable bonds is 12. The number of carbonyl (C=O) groups is 2. The number of amides is 2. The molecule has 1 atom stereocenters. The van der Waals surface area contributed by atoms with E-state index in [1.54, 1.807) is 49.4 Å². The van der Waals surface area contributed by atoms with Gasteiger partial charge in [-0.1, -0.05) is 73.0 Å². The second-order valence-electron chi connectivity index (χ2n) is 9.13. The first-order valence-corrected chi connectivity index (χ1v) is 14.4. The molecule has 3 aromatic carbocycles. The van der Waals surface area contributed by atoms with Gasteiger partial charge in [0.05, 0.1) is 10.6 Å². The molecule has 0 unspecified atom stereocenters. The van der Waals surface area contributed by atoms with Crippen molar-refractivity contribution in [1.29, 1.82) is 0 Å². The van der Waals surface area contributed by atoms with Crippen LogP contribution in [0.5, 0.6) is 0 Å². The first-order chi connectivity index (χ1) is 18.1. The van der Waals surface area contributed by atoms with Crippen molar-refractivity contribution >= 4 is 39.1 Å². The number of hydrogen-bond acceptors (Lipinski definition) is 4. The maximum atomic E-state index is 13.8. The van der Waals surface area contributed by atoms with Gasteiger partial charge in [0.1, 0.15) is 12.6 Å². The van der Waals surface area contributed by atoms with Gasteiger partial charge in [-0.15, -0.1) is 0 Å². The van der Waals surface area contributed by atoms with Gasteiger partial charge in [0.15, 0.2) is 0 Å². The van der Waals surface area contributed by atoms with Crippen molar-refractivity contribution in [2.75, 3.05) is 17.4 Å². The fourth-order valence-corrected chi connectivity index (χ4v) is 5.43. The Bertz CT molecular complexity index is 1310. The van der Waals surface area contributed by atoms with Gasteiger partial charge < -0.3 is 10.2 Å².